The molecule has 0 heterocycles. The summed E-state index contributed by atoms with van der Waals surface area (Å²) in [6.45, 7) is 3.80. The number of nitrogens with one attached hydrogen (secondary N) is 1. The maximum Gasteiger partial charge on any atom is 0.294 e. The van der Waals surface area contributed by atoms with Gasteiger partial charge in [0.2, 0.25) is 0 Å². The Labute approximate surface area is 92.7 Å². The largest absolute Gasteiger partial charge is 0.356 e. The highest BCUT2D eigenvalue weighted by molar-refractivity contribution is 6.30. The Balaban J connectivity index is 3.06. The standard InChI is InChI=1S/C10H11ClN2O2/c1-7(2)6-12-9-4-3-8(11)5-10(9)13(14)15/h3-6,12H,1-2H3. The third kappa shape index (κ3) is 3.25. The van der Waals surface area contributed by atoms with Crippen molar-refractivity contribution in [1.29, 1.82) is 0 Å². The van der Waals surface area contributed by atoms with Crippen molar-refractivity contribution in [2.75, 3.05) is 5.32 Å². The molecule has 0 aromatic heterocycles. The van der Waals surface area contributed by atoms with Crippen LogP contribution in [0.1, 0.15) is 13.8 Å². The predicted octanol–water partition coefficient (Wildman–Crippen LogP) is 3.58. The van der Waals surface area contributed by atoms with Gasteiger partial charge in [0.15, 0.2) is 0 Å². The fraction of sp³-hybridized carbons (Fsp3) is 0.200. The Bertz CT molecular complexity index is 412. The van der Waals surface area contributed by atoms with Crippen molar-refractivity contribution in [3.63, 3.8) is 0 Å². The molecule has 1 rings (SSSR count). The SMILES string of the molecule is CC(C)=CNc1ccc(Cl)cc1[N+](=O)[O-]. The summed E-state index contributed by atoms with van der Waals surface area (Å²) in [5.74, 6) is 0. The summed E-state index contributed by atoms with van der Waals surface area (Å²) < 4.78 is 0. The van der Waals surface area contributed by atoms with Crippen molar-refractivity contribution in [2.45, 2.75) is 13.8 Å². The van der Waals surface area contributed by atoms with Gasteiger partial charge in [-0.15, -0.1) is 0 Å². The van der Waals surface area contributed by atoms with Crippen LogP contribution in [0.4, 0.5) is 11.4 Å². The number of nitro groups is 1. The zero-order chi connectivity index (χ0) is 11.4. The number of nitrogens with zero attached hydrogens (tertiary/aromatic N) is 1. The maximum absolute atomic E-state index is 10.7. The topological polar surface area (TPSA) is 55.2 Å². The lowest BCUT2D eigenvalue weighted by Gasteiger charge is -2.03. The van der Waals surface area contributed by atoms with E-state index in [1.54, 1.807) is 18.3 Å². The third-order valence-electron chi connectivity index (χ3n) is 1.67. The number of hydrogen-bond acceptors (Lipinski definition) is 3. The number of rotatable bonds is 3. The zero-order valence-electron chi connectivity index (χ0n) is 8.45. The van der Waals surface area contributed by atoms with Gasteiger partial charge in [-0.05, 0) is 32.2 Å². The molecule has 5 heteroatoms. The minimum atomic E-state index is -0.465. The van der Waals surface area contributed by atoms with Gasteiger partial charge in [0.1, 0.15) is 5.69 Å². The lowest BCUT2D eigenvalue weighted by Crippen LogP contribution is -1.96. The van der Waals surface area contributed by atoms with Gasteiger partial charge in [-0.2, -0.15) is 0 Å². The van der Waals surface area contributed by atoms with Crippen LogP contribution in [0.5, 0.6) is 0 Å². The summed E-state index contributed by atoms with van der Waals surface area (Å²) in [7, 11) is 0. The van der Waals surface area contributed by atoms with E-state index in [0.29, 0.717) is 10.7 Å². The summed E-state index contributed by atoms with van der Waals surface area (Å²) in [5.41, 5.74) is 1.44. The smallest absolute Gasteiger partial charge is 0.294 e. The molecule has 0 bridgehead atoms. The highest BCUT2D eigenvalue weighted by Crippen LogP contribution is 2.27. The zero-order valence-corrected chi connectivity index (χ0v) is 9.21. The fourth-order valence-electron chi connectivity index (χ4n) is 1.000. The average molecular weight is 227 g/mol. The highest BCUT2D eigenvalue weighted by Gasteiger charge is 2.12. The van der Waals surface area contributed by atoms with E-state index in [2.05, 4.69) is 5.32 Å². The van der Waals surface area contributed by atoms with Crippen LogP contribution in [-0.4, -0.2) is 4.92 Å². The molecule has 0 atom stereocenters. The molecule has 1 aromatic rings. The second-order valence-corrected chi connectivity index (χ2v) is 3.72. The molecule has 0 aliphatic heterocycles. The van der Waals surface area contributed by atoms with Crippen molar-refractivity contribution in [3.8, 4) is 0 Å². The van der Waals surface area contributed by atoms with Gasteiger partial charge in [-0.25, -0.2) is 0 Å². The van der Waals surface area contributed by atoms with E-state index >= 15 is 0 Å². The second-order valence-electron chi connectivity index (χ2n) is 3.28. The molecular weight excluding hydrogens is 216 g/mol. The summed E-state index contributed by atoms with van der Waals surface area (Å²) in [5, 5.41) is 13.9. The fourth-order valence-corrected chi connectivity index (χ4v) is 1.17. The first kappa shape index (κ1) is 11.5. The normalized spacial score (nSPS) is 9.53. The lowest BCUT2D eigenvalue weighted by atomic mass is 10.2. The molecule has 0 radical (unpaired) electrons. The molecule has 80 valence electrons. The van der Waals surface area contributed by atoms with Crippen molar-refractivity contribution < 1.29 is 4.92 Å². The number of hydrogen-bond donors (Lipinski definition) is 1. The Morgan fingerprint density at radius 2 is 2.20 bits per heavy atom. The molecule has 0 aliphatic carbocycles. The van der Waals surface area contributed by atoms with Gasteiger partial charge in [0.25, 0.3) is 5.69 Å². The molecule has 4 nitrogen and oxygen atoms in total. The van der Waals surface area contributed by atoms with Gasteiger partial charge >= 0.3 is 0 Å². The quantitative estimate of drug-likeness (QED) is 0.633. The van der Waals surface area contributed by atoms with Gasteiger partial charge in [0, 0.05) is 11.1 Å². The van der Waals surface area contributed by atoms with Crippen LogP contribution in [0.2, 0.25) is 5.02 Å². The third-order valence-corrected chi connectivity index (χ3v) is 1.91. The summed E-state index contributed by atoms with van der Waals surface area (Å²) in [4.78, 5) is 10.2. The molecule has 0 fully saturated rings. The minimum absolute atomic E-state index is 0.0278. The first-order chi connectivity index (χ1) is 7.00. The van der Waals surface area contributed by atoms with Crippen molar-refractivity contribution in [2.24, 2.45) is 0 Å². The lowest BCUT2D eigenvalue weighted by molar-refractivity contribution is -0.383. The first-order valence-corrected chi connectivity index (χ1v) is 4.72. The molecular formula is C10H11ClN2O2. The number of nitro benzene ring substituents is 1. The minimum Gasteiger partial charge on any atom is -0.356 e. The van der Waals surface area contributed by atoms with Gasteiger partial charge < -0.3 is 5.32 Å². The molecule has 1 N–H and O–H groups in total. The van der Waals surface area contributed by atoms with Gasteiger partial charge in [-0.1, -0.05) is 17.2 Å². The molecule has 15 heavy (non-hydrogen) atoms. The van der Waals surface area contributed by atoms with Crippen molar-refractivity contribution >= 4 is 23.0 Å². The summed E-state index contributed by atoms with van der Waals surface area (Å²) in [6.07, 6.45) is 1.70. The molecule has 1 aromatic carbocycles. The van der Waals surface area contributed by atoms with E-state index in [-0.39, 0.29) is 5.69 Å². The number of allylic oxidation sites excluding steroid dienone is 1. The van der Waals surface area contributed by atoms with Crippen LogP contribution in [0.25, 0.3) is 0 Å². The van der Waals surface area contributed by atoms with Crippen LogP contribution < -0.4 is 5.32 Å². The Morgan fingerprint density at radius 1 is 1.53 bits per heavy atom. The first-order valence-electron chi connectivity index (χ1n) is 4.34. The van der Waals surface area contributed by atoms with E-state index in [9.17, 15) is 10.1 Å². The van der Waals surface area contributed by atoms with E-state index < -0.39 is 4.92 Å². The van der Waals surface area contributed by atoms with E-state index in [4.69, 9.17) is 11.6 Å². The predicted molar refractivity (Wildman–Crippen MR) is 61.2 cm³/mol. The molecule has 0 unspecified atom stereocenters. The average Bonchev–Trinajstić information content (AvgIpc) is 2.15. The Hall–Kier alpha value is -1.55. The number of halogens is 1. The van der Waals surface area contributed by atoms with Gasteiger partial charge in [-0.3, -0.25) is 10.1 Å². The number of anilines is 1. The molecule has 0 saturated carbocycles. The molecule has 0 amide bonds. The number of benzene rings is 1. The van der Waals surface area contributed by atoms with Crippen LogP contribution in [0.3, 0.4) is 0 Å². The monoisotopic (exact) mass is 226 g/mol. The second kappa shape index (κ2) is 4.79. The van der Waals surface area contributed by atoms with Crippen molar-refractivity contribution in [1.82, 2.24) is 0 Å². The summed E-state index contributed by atoms with van der Waals surface area (Å²) in [6, 6.07) is 4.51. The Kier molecular flexibility index (Phi) is 3.68. The molecule has 0 spiro atoms. The van der Waals surface area contributed by atoms with Crippen LogP contribution >= 0.6 is 11.6 Å². The van der Waals surface area contributed by atoms with Gasteiger partial charge in [0.05, 0.1) is 4.92 Å². The van der Waals surface area contributed by atoms with Crippen LogP contribution in [0, 0.1) is 10.1 Å². The van der Waals surface area contributed by atoms with E-state index in [1.165, 1.54) is 6.07 Å². The highest BCUT2D eigenvalue weighted by atomic mass is 35.5. The molecule has 0 saturated heterocycles. The summed E-state index contributed by atoms with van der Waals surface area (Å²) >= 11 is 5.68. The van der Waals surface area contributed by atoms with Crippen molar-refractivity contribution in [3.05, 3.63) is 45.1 Å². The van der Waals surface area contributed by atoms with Crippen LogP contribution in [0.15, 0.2) is 30.0 Å². The van der Waals surface area contributed by atoms with Crippen LogP contribution in [-0.2, 0) is 0 Å². The molecule has 0 aliphatic rings. The van der Waals surface area contributed by atoms with E-state index in [0.717, 1.165) is 5.57 Å². The maximum atomic E-state index is 10.7. The Morgan fingerprint density at radius 3 is 2.73 bits per heavy atom. The van der Waals surface area contributed by atoms with E-state index in [1.807, 2.05) is 13.8 Å².